The first-order valence-corrected chi connectivity index (χ1v) is 5.32. The van der Waals surface area contributed by atoms with E-state index in [-0.39, 0.29) is 5.57 Å². The average Bonchev–Trinajstić information content (AvgIpc) is 2.27. The minimum atomic E-state index is -1.10. The Morgan fingerprint density at radius 2 is 1.88 bits per heavy atom. The second kappa shape index (κ2) is 6.06. The lowest BCUT2D eigenvalue weighted by molar-refractivity contribution is -0.137. The Morgan fingerprint density at radius 1 is 1.29 bits per heavy atom. The van der Waals surface area contributed by atoms with Gasteiger partial charge >= 0.3 is 5.97 Å². The maximum Gasteiger partial charge on any atom is 0.322 e. The molecule has 90 valence electrons. The van der Waals surface area contributed by atoms with Crippen molar-refractivity contribution in [1.82, 2.24) is 5.32 Å². The average molecular weight is 254 g/mol. The molecule has 0 aliphatic carbocycles. The van der Waals surface area contributed by atoms with Crippen molar-refractivity contribution < 1.29 is 14.7 Å². The van der Waals surface area contributed by atoms with Crippen LogP contribution in [-0.2, 0) is 9.59 Å². The predicted octanol–water partition coefficient (Wildman–Crippen LogP) is 1.86. The van der Waals surface area contributed by atoms with E-state index in [1.54, 1.807) is 31.2 Å². The van der Waals surface area contributed by atoms with Crippen LogP contribution in [0, 0.1) is 0 Å². The number of carbonyl (C=O) groups is 2. The maximum atomic E-state index is 11.8. The van der Waals surface area contributed by atoms with E-state index in [4.69, 9.17) is 16.7 Å². The van der Waals surface area contributed by atoms with Gasteiger partial charge in [0.15, 0.2) is 0 Å². The minimum absolute atomic E-state index is 0.286. The summed E-state index contributed by atoms with van der Waals surface area (Å²) in [5, 5.41) is 11.1. The highest BCUT2D eigenvalue weighted by Crippen LogP contribution is 2.20. The van der Waals surface area contributed by atoms with E-state index >= 15 is 0 Å². The third-order valence-corrected chi connectivity index (χ3v) is 2.22. The zero-order chi connectivity index (χ0) is 12.8. The number of carbonyl (C=O) groups excluding carboxylic acids is 1. The highest BCUT2D eigenvalue weighted by Gasteiger charge is 2.14. The Morgan fingerprint density at radius 3 is 2.35 bits per heavy atom. The maximum absolute atomic E-state index is 11.8. The number of carboxylic acid groups (broad SMARTS) is 1. The molecule has 0 saturated heterocycles. The Hall–Kier alpha value is -1.81. The van der Waals surface area contributed by atoms with Gasteiger partial charge in [-0.15, -0.1) is 0 Å². The summed E-state index contributed by atoms with van der Waals surface area (Å²) in [6.07, 6.45) is 0. The van der Waals surface area contributed by atoms with Crippen molar-refractivity contribution in [1.29, 1.82) is 0 Å². The standard InChI is InChI=1S/C12H12ClNO3/c1-8(13)11(9-5-3-2-4-6-9)12(17)14-7-10(15)16/h2-6H,7H2,1H3,(H,14,17)(H,15,16)/b11-8-. The molecule has 1 rings (SSSR count). The third-order valence-electron chi connectivity index (χ3n) is 2.03. The van der Waals surface area contributed by atoms with Crippen LogP contribution >= 0.6 is 11.6 Å². The number of halogens is 1. The lowest BCUT2D eigenvalue weighted by Gasteiger charge is -2.08. The van der Waals surface area contributed by atoms with Gasteiger partial charge in [0.25, 0.3) is 5.91 Å². The number of benzene rings is 1. The summed E-state index contributed by atoms with van der Waals surface area (Å²) in [6.45, 7) is 1.16. The monoisotopic (exact) mass is 253 g/mol. The number of carboxylic acids is 1. The van der Waals surface area contributed by atoms with Crippen LogP contribution in [0.15, 0.2) is 35.4 Å². The zero-order valence-electron chi connectivity index (χ0n) is 9.24. The molecule has 0 saturated carbocycles. The van der Waals surface area contributed by atoms with E-state index < -0.39 is 18.4 Å². The fourth-order valence-corrected chi connectivity index (χ4v) is 1.53. The number of rotatable bonds is 4. The Labute approximate surface area is 104 Å². The van der Waals surface area contributed by atoms with Gasteiger partial charge in [0.2, 0.25) is 0 Å². The lowest BCUT2D eigenvalue weighted by atomic mass is 10.1. The Balaban J connectivity index is 2.93. The van der Waals surface area contributed by atoms with Crippen molar-refractivity contribution in [2.45, 2.75) is 6.92 Å². The number of allylic oxidation sites excluding steroid dienone is 1. The first-order valence-electron chi connectivity index (χ1n) is 4.94. The molecule has 0 aliphatic rings. The van der Waals surface area contributed by atoms with Gasteiger partial charge in [-0.3, -0.25) is 9.59 Å². The van der Waals surface area contributed by atoms with Crippen LogP contribution in [0.4, 0.5) is 0 Å². The number of aliphatic carboxylic acids is 1. The molecule has 0 unspecified atom stereocenters. The van der Waals surface area contributed by atoms with Gasteiger partial charge in [-0.2, -0.15) is 0 Å². The van der Waals surface area contributed by atoms with Crippen molar-refractivity contribution in [2.75, 3.05) is 6.54 Å². The molecule has 5 heteroatoms. The van der Waals surface area contributed by atoms with Gasteiger partial charge in [-0.1, -0.05) is 41.9 Å². The van der Waals surface area contributed by atoms with Crippen LogP contribution in [0.2, 0.25) is 0 Å². The van der Waals surface area contributed by atoms with Crippen molar-refractivity contribution in [3.05, 3.63) is 40.9 Å². The quantitative estimate of drug-likeness (QED) is 0.805. The van der Waals surface area contributed by atoms with Gasteiger partial charge in [0, 0.05) is 5.03 Å². The smallest absolute Gasteiger partial charge is 0.322 e. The fraction of sp³-hybridized carbons (Fsp3) is 0.167. The van der Waals surface area contributed by atoms with E-state index in [2.05, 4.69) is 5.32 Å². The molecule has 0 atom stereocenters. The molecule has 0 aromatic heterocycles. The van der Waals surface area contributed by atoms with Crippen molar-refractivity contribution in [3.63, 3.8) is 0 Å². The molecule has 1 aromatic rings. The molecule has 17 heavy (non-hydrogen) atoms. The largest absolute Gasteiger partial charge is 0.480 e. The highest BCUT2D eigenvalue weighted by molar-refractivity contribution is 6.39. The summed E-state index contributed by atoms with van der Waals surface area (Å²) in [7, 11) is 0. The van der Waals surface area contributed by atoms with Crippen molar-refractivity contribution >= 4 is 29.1 Å². The molecular weight excluding hydrogens is 242 g/mol. The zero-order valence-corrected chi connectivity index (χ0v) is 9.99. The van der Waals surface area contributed by atoms with E-state index in [0.717, 1.165) is 0 Å². The van der Waals surface area contributed by atoms with E-state index in [1.807, 2.05) is 6.07 Å². The number of nitrogens with one attached hydrogen (secondary N) is 1. The predicted molar refractivity (Wildman–Crippen MR) is 65.5 cm³/mol. The van der Waals surface area contributed by atoms with E-state index in [1.165, 1.54) is 0 Å². The summed E-state index contributed by atoms with van der Waals surface area (Å²) < 4.78 is 0. The minimum Gasteiger partial charge on any atom is -0.480 e. The molecule has 0 radical (unpaired) electrons. The van der Waals surface area contributed by atoms with Crippen LogP contribution in [0.25, 0.3) is 5.57 Å². The molecule has 0 fully saturated rings. The number of amides is 1. The van der Waals surface area contributed by atoms with Crippen LogP contribution in [0.3, 0.4) is 0 Å². The molecule has 0 aliphatic heterocycles. The van der Waals surface area contributed by atoms with Crippen LogP contribution in [0.5, 0.6) is 0 Å². The number of hydrogen-bond donors (Lipinski definition) is 2. The second-order valence-electron chi connectivity index (χ2n) is 3.35. The summed E-state index contributed by atoms with van der Waals surface area (Å²) in [4.78, 5) is 22.1. The summed E-state index contributed by atoms with van der Waals surface area (Å²) in [5.41, 5.74) is 0.941. The molecule has 2 N–H and O–H groups in total. The third kappa shape index (κ3) is 3.92. The highest BCUT2D eigenvalue weighted by atomic mass is 35.5. The SMILES string of the molecule is C/C(Cl)=C(/C(=O)NCC(=O)O)c1ccccc1. The van der Waals surface area contributed by atoms with Crippen molar-refractivity contribution in [3.8, 4) is 0 Å². The van der Waals surface area contributed by atoms with Gasteiger partial charge in [0.05, 0.1) is 5.57 Å². The second-order valence-corrected chi connectivity index (χ2v) is 3.92. The van der Waals surface area contributed by atoms with Gasteiger partial charge in [-0.05, 0) is 12.5 Å². The van der Waals surface area contributed by atoms with Gasteiger partial charge in [0.1, 0.15) is 6.54 Å². The Bertz CT molecular complexity index is 450. The van der Waals surface area contributed by atoms with Gasteiger partial charge < -0.3 is 10.4 Å². The molecule has 4 nitrogen and oxygen atoms in total. The molecular formula is C12H12ClNO3. The lowest BCUT2D eigenvalue weighted by Crippen LogP contribution is -2.30. The molecule has 1 amide bonds. The summed E-state index contributed by atoms with van der Waals surface area (Å²) >= 11 is 5.86. The molecule has 0 bridgehead atoms. The van der Waals surface area contributed by atoms with Crippen molar-refractivity contribution in [2.24, 2.45) is 0 Å². The Kier molecular flexibility index (Phi) is 4.72. The van der Waals surface area contributed by atoms with E-state index in [0.29, 0.717) is 10.6 Å². The first kappa shape index (κ1) is 13.3. The molecule has 0 heterocycles. The molecule has 0 spiro atoms. The van der Waals surface area contributed by atoms with Gasteiger partial charge in [-0.25, -0.2) is 0 Å². The summed E-state index contributed by atoms with van der Waals surface area (Å²) in [5.74, 6) is -1.59. The van der Waals surface area contributed by atoms with Crippen LogP contribution < -0.4 is 5.32 Å². The van der Waals surface area contributed by atoms with Crippen LogP contribution in [-0.4, -0.2) is 23.5 Å². The van der Waals surface area contributed by atoms with Crippen LogP contribution in [0.1, 0.15) is 12.5 Å². The first-order chi connectivity index (χ1) is 8.02. The molecule has 1 aromatic carbocycles. The van der Waals surface area contributed by atoms with E-state index in [9.17, 15) is 9.59 Å². The topological polar surface area (TPSA) is 66.4 Å². The normalized spacial score (nSPS) is 11.6. The summed E-state index contributed by atoms with van der Waals surface area (Å²) in [6, 6.07) is 8.85. The number of hydrogen-bond acceptors (Lipinski definition) is 2. The fourth-order valence-electron chi connectivity index (χ4n) is 1.34.